The molecule has 1 unspecified atom stereocenters. The van der Waals surface area contributed by atoms with Gasteiger partial charge in [-0.15, -0.1) is 0 Å². The summed E-state index contributed by atoms with van der Waals surface area (Å²) in [4.78, 5) is 34.3. The number of ether oxygens (including phenoxy) is 1. The average Bonchev–Trinajstić information content (AvgIpc) is 2.70. The number of hydrazine groups is 2. The van der Waals surface area contributed by atoms with Crippen molar-refractivity contribution in [3.8, 4) is 11.5 Å². The Bertz CT molecular complexity index is 799. The highest BCUT2D eigenvalue weighted by molar-refractivity contribution is 5.86. The van der Waals surface area contributed by atoms with E-state index in [9.17, 15) is 14.4 Å². The Morgan fingerprint density at radius 1 is 0.852 bits per heavy atom. The zero-order valence-corrected chi connectivity index (χ0v) is 14.4. The van der Waals surface area contributed by atoms with Gasteiger partial charge in [-0.2, -0.15) is 0 Å². The van der Waals surface area contributed by atoms with E-state index in [0.29, 0.717) is 17.1 Å². The van der Waals surface area contributed by atoms with Gasteiger partial charge in [-0.3, -0.25) is 15.4 Å². The van der Waals surface area contributed by atoms with Crippen LogP contribution in [0.25, 0.3) is 0 Å². The number of hydrogen-bond acceptors (Lipinski definition) is 5. The van der Waals surface area contributed by atoms with E-state index in [1.165, 1.54) is 5.48 Å². The summed E-state index contributed by atoms with van der Waals surface area (Å²) in [6.07, 6.45) is 0. The summed E-state index contributed by atoms with van der Waals surface area (Å²) in [6.45, 7) is 1.66. The molecule has 0 spiro atoms. The van der Waals surface area contributed by atoms with E-state index in [0.717, 1.165) is 0 Å². The number of hydrogen-bond donors (Lipinski definition) is 6. The summed E-state index contributed by atoms with van der Waals surface area (Å²) in [5, 5.41) is 8.27. The molecule has 6 N–H and O–H groups in total. The van der Waals surface area contributed by atoms with Crippen molar-refractivity contribution >= 4 is 18.0 Å². The van der Waals surface area contributed by atoms with Crippen LogP contribution in [0, 0.1) is 0 Å². The monoisotopic (exact) mass is 373 g/mol. The maximum atomic E-state index is 12.2. The van der Waals surface area contributed by atoms with Gasteiger partial charge in [-0.05, 0) is 36.8 Å². The Morgan fingerprint density at radius 3 is 2.19 bits per heavy atom. The lowest BCUT2D eigenvalue weighted by atomic mass is 10.0. The van der Waals surface area contributed by atoms with Crippen LogP contribution in [-0.4, -0.2) is 23.2 Å². The number of urea groups is 2. The van der Waals surface area contributed by atoms with Gasteiger partial charge < -0.3 is 4.74 Å². The zero-order valence-electron chi connectivity index (χ0n) is 14.4. The first-order valence-electron chi connectivity index (χ1n) is 7.88. The molecule has 0 heterocycles. The molecule has 10 heteroatoms. The van der Waals surface area contributed by atoms with E-state index in [1.807, 2.05) is 41.2 Å². The van der Waals surface area contributed by atoms with Crippen molar-refractivity contribution < 1.29 is 24.3 Å². The van der Waals surface area contributed by atoms with Crippen LogP contribution in [-0.2, 0) is 4.79 Å². The molecule has 10 nitrogen and oxygen atoms in total. The summed E-state index contributed by atoms with van der Waals surface area (Å²) >= 11 is 0. The van der Waals surface area contributed by atoms with Crippen molar-refractivity contribution in [2.75, 3.05) is 0 Å². The summed E-state index contributed by atoms with van der Waals surface area (Å²) in [6, 6.07) is 14.3. The Kier molecular flexibility index (Phi) is 6.97. The van der Waals surface area contributed by atoms with Crippen molar-refractivity contribution in [1.82, 2.24) is 27.2 Å². The summed E-state index contributed by atoms with van der Waals surface area (Å²) in [7, 11) is 0. The van der Waals surface area contributed by atoms with Crippen LogP contribution in [0.2, 0.25) is 0 Å². The number of nitrogens with one attached hydrogen (secondary N) is 5. The van der Waals surface area contributed by atoms with E-state index in [2.05, 4.69) is 10.9 Å². The lowest BCUT2D eigenvalue weighted by Crippen LogP contribution is -2.54. The highest BCUT2D eigenvalue weighted by Crippen LogP contribution is 2.25. The van der Waals surface area contributed by atoms with Gasteiger partial charge in [0.05, 0.1) is 5.92 Å². The standard InChI is InChI=1S/C17H19N5O5/c1-11(15(23)18-19-16(24)20-21-17(25)22-26)12-6-5-9-14(10-12)27-13-7-3-2-4-8-13/h2-11,26H,1H3,(H,18,23)(H2,19,20,24)(H2,21,22,25). The van der Waals surface area contributed by atoms with Crippen LogP contribution in [0.1, 0.15) is 18.4 Å². The van der Waals surface area contributed by atoms with E-state index in [-0.39, 0.29) is 0 Å². The Balaban J connectivity index is 1.89. The van der Waals surface area contributed by atoms with Gasteiger partial charge in [-0.1, -0.05) is 30.3 Å². The second-order valence-electron chi connectivity index (χ2n) is 5.34. The number of amides is 5. The number of rotatable bonds is 4. The van der Waals surface area contributed by atoms with Gasteiger partial charge in [0.1, 0.15) is 11.5 Å². The molecule has 142 valence electrons. The van der Waals surface area contributed by atoms with Gasteiger partial charge >= 0.3 is 12.1 Å². The summed E-state index contributed by atoms with van der Waals surface area (Å²) < 4.78 is 5.73. The molecular formula is C17H19N5O5. The van der Waals surface area contributed by atoms with Crippen LogP contribution in [0.5, 0.6) is 11.5 Å². The first kappa shape index (κ1) is 19.5. The second kappa shape index (κ2) is 9.63. The molecule has 0 aliphatic heterocycles. The van der Waals surface area contributed by atoms with Crippen molar-refractivity contribution in [2.45, 2.75) is 12.8 Å². The molecule has 0 bridgehead atoms. The number of carbonyl (C=O) groups excluding carboxylic acids is 3. The predicted molar refractivity (Wildman–Crippen MR) is 94.6 cm³/mol. The highest BCUT2D eigenvalue weighted by Gasteiger charge is 2.16. The first-order valence-corrected chi connectivity index (χ1v) is 7.88. The summed E-state index contributed by atoms with van der Waals surface area (Å²) in [5.74, 6) is 0.180. The molecule has 1 atom stereocenters. The van der Waals surface area contributed by atoms with E-state index in [1.54, 1.807) is 31.2 Å². The molecule has 0 saturated heterocycles. The molecular weight excluding hydrogens is 354 g/mol. The topological polar surface area (TPSA) is 141 Å². The van der Waals surface area contributed by atoms with Gasteiger partial charge in [-0.25, -0.2) is 31.3 Å². The third kappa shape index (κ3) is 6.21. The maximum Gasteiger partial charge on any atom is 0.357 e. The van der Waals surface area contributed by atoms with Crippen molar-refractivity contribution in [3.05, 3.63) is 60.2 Å². The molecule has 2 aromatic rings. The maximum absolute atomic E-state index is 12.2. The number of benzene rings is 2. The molecule has 5 amide bonds. The van der Waals surface area contributed by atoms with Crippen LogP contribution >= 0.6 is 0 Å². The normalized spacial score (nSPS) is 10.9. The quantitative estimate of drug-likeness (QED) is 0.356. The van der Waals surface area contributed by atoms with Crippen LogP contribution in [0.15, 0.2) is 54.6 Å². The van der Waals surface area contributed by atoms with E-state index in [4.69, 9.17) is 9.94 Å². The summed E-state index contributed by atoms with van der Waals surface area (Å²) in [5.41, 5.74) is 9.93. The Morgan fingerprint density at radius 2 is 1.48 bits per heavy atom. The first-order chi connectivity index (χ1) is 13.0. The van der Waals surface area contributed by atoms with Crippen LogP contribution in [0.4, 0.5) is 9.59 Å². The smallest absolute Gasteiger partial charge is 0.357 e. The van der Waals surface area contributed by atoms with Gasteiger partial charge in [0.15, 0.2) is 0 Å². The van der Waals surface area contributed by atoms with E-state index >= 15 is 0 Å². The fourth-order valence-corrected chi connectivity index (χ4v) is 2.02. The van der Waals surface area contributed by atoms with Gasteiger partial charge in [0.2, 0.25) is 5.91 Å². The Hall–Kier alpha value is -3.79. The lowest BCUT2D eigenvalue weighted by Gasteiger charge is -2.15. The fraction of sp³-hybridized carbons (Fsp3) is 0.118. The van der Waals surface area contributed by atoms with Crippen LogP contribution < -0.4 is 31.9 Å². The molecule has 0 aliphatic rings. The van der Waals surface area contributed by atoms with Crippen molar-refractivity contribution in [1.29, 1.82) is 0 Å². The molecule has 0 fully saturated rings. The van der Waals surface area contributed by atoms with E-state index < -0.39 is 23.9 Å². The average molecular weight is 373 g/mol. The zero-order chi connectivity index (χ0) is 19.6. The largest absolute Gasteiger partial charge is 0.457 e. The SMILES string of the molecule is CC(C(=O)NNC(=O)NNC(=O)NO)c1cccc(Oc2ccccc2)c1. The van der Waals surface area contributed by atoms with Crippen molar-refractivity contribution in [3.63, 3.8) is 0 Å². The number of carbonyl (C=O) groups is 3. The van der Waals surface area contributed by atoms with Crippen LogP contribution in [0.3, 0.4) is 0 Å². The number of hydroxylamine groups is 1. The minimum atomic E-state index is -1.04. The predicted octanol–water partition coefficient (Wildman–Crippen LogP) is 1.52. The molecule has 27 heavy (non-hydrogen) atoms. The third-order valence-corrected chi connectivity index (χ3v) is 3.42. The lowest BCUT2D eigenvalue weighted by molar-refractivity contribution is -0.122. The molecule has 0 saturated carbocycles. The third-order valence-electron chi connectivity index (χ3n) is 3.42. The second-order valence-corrected chi connectivity index (χ2v) is 5.34. The molecule has 0 aromatic heterocycles. The van der Waals surface area contributed by atoms with Gasteiger partial charge in [0, 0.05) is 0 Å². The fourth-order valence-electron chi connectivity index (χ4n) is 2.02. The number of para-hydroxylation sites is 1. The van der Waals surface area contributed by atoms with Gasteiger partial charge in [0.25, 0.3) is 0 Å². The Labute approximate surface area is 154 Å². The minimum Gasteiger partial charge on any atom is -0.457 e. The molecule has 0 aliphatic carbocycles. The highest BCUT2D eigenvalue weighted by atomic mass is 16.5. The molecule has 2 rings (SSSR count). The molecule has 2 aromatic carbocycles. The minimum absolute atomic E-state index is 0.478. The molecule has 0 radical (unpaired) electrons. The van der Waals surface area contributed by atoms with Crippen molar-refractivity contribution in [2.24, 2.45) is 0 Å².